The number of anilines is 1. The zero-order valence-corrected chi connectivity index (χ0v) is 13.7. The van der Waals surface area contributed by atoms with Gasteiger partial charge in [0.25, 0.3) is 0 Å². The molecule has 0 aliphatic carbocycles. The van der Waals surface area contributed by atoms with Crippen LogP contribution in [0.2, 0.25) is 0 Å². The quantitative estimate of drug-likeness (QED) is 0.790. The van der Waals surface area contributed by atoms with Crippen molar-refractivity contribution in [3.8, 4) is 11.5 Å². The van der Waals surface area contributed by atoms with E-state index >= 15 is 0 Å². The van der Waals surface area contributed by atoms with E-state index in [1.54, 1.807) is 26.0 Å². The highest BCUT2D eigenvalue weighted by Gasteiger charge is 2.14. The molecule has 0 saturated heterocycles. The molecule has 4 heteroatoms. The van der Waals surface area contributed by atoms with Crippen molar-refractivity contribution in [2.75, 3.05) is 25.8 Å². The summed E-state index contributed by atoms with van der Waals surface area (Å²) in [5.74, 6) is 1.69. The van der Waals surface area contributed by atoms with Crippen molar-refractivity contribution < 1.29 is 9.47 Å². The number of nitrogens with one attached hydrogen (secondary N) is 1. The molecule has 2 aromatic rings. The van der Waals surface area contributed by atoms with Crippen LogP contribution in [0.1, 0.15) is 18.5 Å². The fraction of sp³-hybridized carbons (Fsp3) is 0.294. The monoisotopic (exact) mass is 303 g/mol. The fourth-order valence-electron chi connectivity index (χ4n) is 2.25. The first-order valence-electron chi connectivity index (χ1n) is 6.81. The van der Waals surface area contributed by atoms with Gasteiger partial charge in [-0.25, -0.2) is 0 Å². The normalized spacial score (nSPS) is 11.8. The summed E-state index contributed by atoms with van der Waals surface area (Å²) in [6, 6.07) is 14.3. The summed E-state index contributed by atoms with van der Waals surface area (Å²) in [5.41, 5.74) is 2.20. The van der Waals surface area contributed by atoms with E-state index in [0.29, 0.717) is 0 Å². The highest BCUT2D eigenvalue weighted by Crippen LogP contribution is 2.33. The number of thioether (sulfide) groups is 1. The third-order valence-electron chi connectivity index (χ3n) is 3.38. The third kappa shape index (κ3) is 3.64. The predicted octanol–water partition coefficient (Wildman–Crippen LogP) is 4.60. The lowest BCUT2D eigenvalue weighted by Gasteiger charge is -2.20. The van der Waals surface area contributed by atoms with E-state index in [-0.39, 0.29) is 6.04 Å². The van der Waals surface area contributed by atoms with Crippen LogP contribution >= 0.6 is 11.8 Å². The molecule has 1 atom stereocenters. The topological polar surface area (TPSA) is 30.5 Å². The second-order valence-corrected chi connectivity index (χ2v) is 5.52. The Kier molecular flexibility index (Phi) is 5.39. The molecule has 0 spiro atoms. The van der Waals surface area contributed by atoms with Gasteiger partial charge in [-0.05, 0) is 43.5 Å². The molecule has 112 valence electrons. The number of hydrogen-bond acceptors (Lipinski definition) is 4. The van der Waals surface area contributed by atoms with Gasteiger partial charge in [-0.1, -0.05) is 12.1 Å². The summed E-state index contributed by atoms with van der Waals surface area (Å²) in [6.45, 7) is 2.12. The largest absolute Gasteiger partial charge is 0.497 e. The van der Waals surface area contributed by atoms with Crippen molar-refractivity contribution in [2.45, 2.75) is 17.9 Å². The molecule has 1 unspecified atom stereocenters. The third-order valence-corrected chi connectivity index (χ3v) is 4.18. The smallest absolute Gasteiger partial charge is 0.124 e. The van der Waals surface area contributed by atoms with E-state index in [1.165, 1.54) is 4.90 Å². The van der Waals surface area contributed by atoms with Crippen molar-refractivity contribution in [2.24, 2.45) is 0 Å². The minimum absolute atomic E-state index is 0.114. The second kappa shape index (κ2) is 7.27. The molecule has 0 radical (unpaired) electrons. The minimum Gasteiger partial charge on any atom is -0.497 e. The number of ether oxygens (including phenoxy) is 2. The molecule has 0 bridgehead atoms. The summed E-state index contributed by atoms with van der Waals surface area (Å²) in [6.07, 6.45) is 2.08. The summed E-state index contributed by atoms with van der Waals surface area (Å²) in [5, 5.41) is 3.55. The maximum atomic E-state index is 5.46. The molecule has 0 heterocycles. The van der Waals surface area contributed by atoms with Gasteiger partial charge in [0, 0.05) is 16.1 Å². The van der Waals surface area contributed by atoms with Crippen LogP contribution < -0.4 is 14.8 Å². The van der Waals surface area contributed by atoms with Crippen LogP contribution in [0.4, 0.5) is 5.69 Å². The maximum Gasteiger partial charge on any atom is 0.124 e. The highest BCUT2D eigenvalue weighted by molar-refractivity contribution is 7.98. The van der Waals surface area contributed by atoms with Gasteiger partial charge in [-0.2, -0.15) is 0 Å². The van der Waals surface area contributed by atoms with Gasteiger partial charge < -0.3 is 14.8 Å². The lowest BCUT2D eigenvalue weighted by atomic mass is 10.1. The van der Waals surface area contributed by atoms with E-state index in [4.69, 9.17) is 9.47 Å². The SMILES string of the molecule is COc1ccc(OC)c(C(C)Nc2ccccc2SC)c1. The molecule has 0 aliphatic rings. The average Bonchev–Trinajstić information content (AvgIpc) is 2.54. The Morgan fingerprint density at radius 1 is 1.05 bits per heavy atom. The number of hydrogen-bond donors (Lipinski definition) is 1. The molecule has 21 heavy (non-hydrogen) atoms. The maximum absolute atomic E-state index is 5.46. The molecule has 0 amide bonds. The molecule has 1 N–H and O–H groups in total. The van der Waals surface area contributed by atoms with Crippen LogP contribution in [-0.2, 0) is 0 Å². The summed E-state index contributed by atoms with van der Waals surface area (Å²) >= 11 is 1.73. The molecular weight excluding hydrogens is 282 g/mol. The van der Waals surface area contributed by atoms with Crippen LogP contribution in [0.25, 0.3) is 0 Å². The molecule has 0 fully saturated rings. The lowest BCUT2D eigenvalue weighted by Crippen LogP contribution is -2.09. The molecule has 0 aromatic heterocycles. The van der Waals surface area contributed by atoms with Gasteiger partial charge in [0.2, 0.25) is 0 Å². The van der Waals surface area contributed by atoms with E-state index in [2.05, 4.69) is 30.6 Å². The lowest BCUT2D eigenvalue weighted by molar-refractivity contribution is 0.397. The first kappa shape index (κ1) is 15.6. The summed E-state index contributed by atoms with van der Waals surface area (Å²) in [7, 11) is 3.36. The van der Waals surface area contributed by atoms with Crippen LogP contribution in [0, 0.1) is 0 Å². The predicted molar refractivity (Wildman–Crippen MR) is 89.8 cm³/mol. The Hall–Kier alpha value is -1.81. The highest BCUT2D eigenvalue weighted by atomic mass is 32.2. The molecule has 0 aliphatic heterocycles. The molecule has 2 aromatic carbocycles. The average molecular weight is 303 g/mol. The van der Waals surface area contributed by atoms with Crippen molar-refractivity contribution >= 4 is 17.4 Å². The summed E-state index contributed by atoms with van der Waals surface area (Å²) < 4.78 is 10.8. The van der Waals surface area contributed by atoms with Crippen molar-refractivity contribution in [1.82, 2.24) is 0 Å². The van der Waals surface area contributed by atoms with E-state index in [0.717, 1.165) is 22.7 Å². The van der Waals surface area contributed by atoms with Gasteiger partial charge in [0.15, 0.2) is 0 Å². The van der Waals surface area contributed by atoms with Gasteiger partial charge >= 0.3 is 0 Å². The zero-order valence-electron chi connectivity index (χ0n) is 12.8. The Morgan fingerprint density at radius 3 is 2.48 bits per heavy atom. The number of methoxy groups -OCH3 is 2. The second-order valence-electron chi connectivity index (χ2n) is 4.67. The first-order chi connectivity index (χ1) is 10.2. The van der Waals surface area contributed by atoms with Gasteiger partial charge in [-0.15, -0.1) is 11.8 Å². The Labute approximate surface area is 130 Å². The minimum atomic E-state index is 0.114. The molecule has 3 nitrogen and oxygen atoms in total. The van der Waals surface area contributed by atoms with Crippen LogP contribution in [-0.4, -0.2) is 20.5 Å². The van der Waals surface area contributed by atoms with E-state index < -0.39 is 0 Å². The Balaban J connectivity index is 2.29. The van der Waals surface area contributed by atoms with Crippen molar-refractivity contribution in [3.63, 3.8) is 0 Å². The van der Waals surface area contributed by atoms with Crippen LogP contribution in [0.3, 0.4) is 0 Å². The van der Waals surface area contributed by atoms with Crippen LogP contribution in [0.5, 0.6) is 11.5 Å². The standard InChI is InChI=1S/C17H21NO2S/c1-12(18-15-7-5-6-8-17(15)21-4)14-11-13(19-2)9-10-16(14)20-3/h5-12,18H,1-4H3. The number of rotatable bonds is 6. The van der Waals surface area contributed by atoms with Crippen molar-refractivity contribution in [1.29, 1.82) is 0 Å². The van der Waals surface area contributed by atoms with Gasteiger partial charge in [0.1, 0.15) is 11.5 Å². The van der Waals surface area contributed by atoms with Gasteiger partial charge in [0.05, 0.1) is 20.3 Å². The Bertz CT molecular complexity index is 601. The van der Waals surface area contributed by atoms with E-state index in [9.17, 15) is 0 Å². The molecule has 0 saturated carbocycles. The Morgan fingerprint density at radius 2 is 1.81 bits per heavy atom. The zero-order chi connectivity index (χ0) is 15.2. The van der Waals surface area contributed by atoms with Crippen molar-refractivity contribution in [3.05, 3.63) is 48.0 Å². The number of benzene rings is 2. The number of para-hydroxylation sites is 1. The summed E-state index contributed by atoms with van der Waals surface area (Å²) in [4.78, 5) is 1.23. The fourth-order valence-corrected chi connectivity index (χ4v) is 2.81. The van der Waals surface area contributed by atoms with E-state index in [1.807, 2.05) is 30.3 Å². The first-order valence-corrected chi connectivity index (χ1v) is 8.03. The molecular formula is C17H21NO2S. The van der Waals surface area contributed by atoms with Crippen LogP contribution in [0.15, 0.2) is 47.4 Å². The molecule has 2 rings (SSSR count). The van der Waals surface area contributed by atoms with Gasteiger partial charge in [-0.3, -0.25) is 0 Å².